The Morgan fingerprint density at radius 1 is 1.50 bits per heavy atom. The Hall–Kier alpha value is -0.870. The number of nitrogens with one attached hydrogen (secondary N) is 1. The second-order valence-corrected chi connectivity index (χ2v) is 3.67. The molecule has 1 rings (SSSR count). The number of nitrogens with two attached hydrogens (primary N) is 1. The SMILES string of the molecule is CCC(N)C(C)Nc1ncc(Cl)cn1. The van der Waals surface area contributed by atoms with Crippen molar-refractivity contribution in [1.82, 2.24) is 9.97 Å². The first-order chi connectivity index (χ1) is 6.63. The first-order valence-corrected chi connectivity index (χ1v) is 5.01. The normalized spacial score (nSPS) is 14.9. The highest BCUT2D eigenvalue weighted by Crippen LogP contribution is 2.07. The Morgan fingerprint density at radius 3 is 2.57 bits per heavy atom. The minimum absolute atomic E-state index is 0.106. The topological polar surface area (TPSA) is 63.8 Å². The van der Waals surface area contributed by atoms with Crippen molar-refractivity contribution in [2.75, 3.05) is 5.32 Å². The minimum Gasteiger partial charge on any atom is -0.350 e. The fraction of sp³-hybridized carbons (Fsp3) is 0.556. The van der Waals surface area contributed by atoms with Gasteiger partial charge in [-0.1, -0.05) is 18.5 Å². The maximum absolute atomic E-state index is 5.85. The third-order valence-corrected chi connectivity index (χ3v) is 2.29. The number of hydrogen-bond donors (Lipinski definition) is 2. The van der Waals surface area contributed by atoms with Crippen LogP contribution in [0.25, 0.3) is 0 Å². The van der Waals surface area contributed by atoms with Crippen LogP contribution < -0.4 is 11.1 Å². The zero-order valence-corrected chi connectivity index (χ0v) is 9.12. The van der Waals surface area contributed by atoms with Gasteiger partial charge < -0.3 is 11.1 Å². The van der Waals surface area contributed by atoms with Gasteiger partial charge in [0.2, 0.25) is 5.95 Å². The summed E-state index contributed by atoms with van der Waals surface area (Å²) in [4.78, 5) is 8.05. The molecule has 1 aromatic heterocycles. The van der Waals surface area contributed by atoms with E-state index in [2.05, 4.69) is 15.3 Å². The summed E-state index contributed by atoms with van der Waals surface area (Å²) in [7, 11) is 0. The van der Waals surface area contributed by atoms with Crippen molar-refractivity contribution in [2.45, 2.75) is 32.4 Å². The smallest absolute Gasteiger partial charge is 0.222 e. The first-order valence-electron chi connectivity index (χ1n) is 4.63. The summed E-state index contributed by atoms with van der Waals surface area (Å²) < 4.78 is 0. The van der Waals surface area contributed by atoms with Crippen LogP contribution in [0.2, 0.25) is 5.02 Å². The van der Waals surface area contributed by atoms with Crippen molar-refractivity contribution >= 4 is 17.5 Å². The number of nitrogens with zero attached hydrogens (tertiary/aromatic N) is 2. The van der Waals surface area contributed by atoms with Gasteiger partial charge in [-0.15, -0.1) is 0 Å². The van der Waals surface area contributed by atoms with Crippen molar-refractivity contribution in [3.8, 4) is 0 Å². The molecule has 0 aliphatic rings. The van der Waals surface area contributed by atoms with Crippen molar-refractivity contribution < 1.29 is 0 Å². The Balaban J connectivity index is 2.56. The summed E-state index contributed by atoms with van der Waals surface area (Å²) in [6, 6.07) is 0.260. The summed E-state index contributed by atoms with van der Waals surface area (Å²) in [5.41, 5.74) is 5.85. The van der Waals surface area contributed by atoms with Gasteiger partial charge in [0.05, 0.1) is 17.4 Å². The Bertz CT molecular complexity index is 275. The average Bonchev–Trinajstić information content (AvgIpc) is 2.20. The molecule has 4 nitrogen and oxygen atoms in total. The lowest BCUT2D eigenvalue weighted by Gasteiger charge is -2.19. The summed E-state index contributed by atoms with van der Waals surface area (Å²) in [5.74, 6) is 0.561. The Kier molecular flexibility index (Phi) is 4.10. The Morgan fingerprint density at radius 2 is 2.07 bits per heavy atom. The quantitative estimate of drug-likeness (QED) is 0.801. The van der Waals surface area contributed by atoms with Gasteiger partial charge in [0.25, 0.3) is 0 Å². The van der Waals surface area contributed by atoms with Gasteiger partial charge in [-0.05, 0) is 13.3 Å². The van der Waals surface area contributed by atoms with Crippen LogP contribution in [-0.2, 0) is 0 Å². The van der Waals surface area contributed by atoms with E-state index in [4.69, 9.17) is 17.3 Å². The predicted octanol–water partition coefficient (Wildman–Crippen LogP) is 1.67. The van der Waals surface area contributed by atoms with Gasteiger partial charge in [0.15, 0.2) is 0 Å². The number of halogens is 1. The molecule has 14 heavy (non-hydrogen) atoms. The van der Waals surface area contributed by atoms with Crippen LogP contribution in [0.4, 0.5) is 5.95 Å². The molecule has 2 unspecified atom stereocenters. The van der Waals surface area contributed by atoms with E-state index in [0.717, 1.165) is 6.42 Å². The lowest BCUT2D eigenvalue weighted by atomic mass is 10.1. The largest absolute Gasteiger partial charge is 0.350 e. The van der Waals surface area contributed by atoms with E-state index in [1.807, 2.05) is 13.8 Å². The van der Waals surface area contributed by atoms with Gasteiger partial charge in [0.1, 0.15) is 0 Å². The molecule has 0 radical (unpaired) electrons. The summed E-state index contributed by atoms with van der Waals surface area (Å²) in [6.45, 7) is 4.05. The molecule has 0 aliphatic heterocycles. The maximum atomic E-state index is 5.85. The monoisotopic (exact) mass is 214 g/mol. The van der Waals surface area contributed by atoms with Crippen LogP contribution >= 0.6 is 11.6 Å². The molecular formula is C9H15ClN4. The molecule has 0 fully saturated rings. The maximum Gasteiger partial charge on any atom is 0.222 e. The zero-order chi connectivity index (χ0) is 10.6. The van der Waals surface area contributed by atoms with E-state index in [1.165, 1.54) is 0 Å². The summed E-state index contributed by atoms with van der Waals surface area (Å²) in [5, 5.41) is 3.64. The lowest BCUT2D eigenvalue weighted by molar-refractivity contribution is 0.569. The molecular weight excluding hydrogens is 200 g/mol. The highest BCUT2D eigenvalue weighted by Gasteiger charge is 2.10. The summed E-state index contributed by atoms with van der Waals surface area (Å²) in [6.07, 6.45) is 4.03. The lowest BCUT2D eigenvalue weighted by Crippen LogP contribution is -2.37. The average molecular weight is 215 g/mol. The van der Waals surface area contributed by atoms with E-state index in [0.29, 0.717) is 11.0 Å². The highest BCUT2D eigenvalue weighted by atomic mass is 35.5. The fourth-order valence-corrected chi connectivity index (χ4v) is 1.15. The molecule has 1 aromatic rings. The molecule has 0 saturated heterocycles. The van der Waals surface area contributed by atoms with Crippen LogP contribution in [0.15, 0.2) is 12.4 Å². The van der Waals surface area contributed by atoms with Crippen molar-refractivity contribution in [3.05, 3.63) is 17.4 Å². The van der Waals surface area contributed by atoms with Gasteiger partial charge in [-0.2, -0.15) is 0 Å². The van der Waals surface area contributed by atoms with Gasteiger partial charge >= 0.3 is 0 Å². The van der Waals surface area contributed by atoms with Crippen molar-refractivity contribution in [3.63, 3.8) is 0 Å². The Labute approximate surface area is 88.9 Å². The third-order valence-electron chi connectivity index (χ3n) is 2.09. The van der Waals surface area contributed by atoms with E-state index < -0.39 is 0 Å². The van der Waals surface area contributed by atoms with Gasteiger partial charge in [-0.3, -0.25) is 0 Å². The first kappa shape index (κ1) is 11.2. The van der Waals surface area contributed by atoms with E-state index in [-0.39, 0.29) is 12.1 Å². The molecule has 0 bridgehead atoms. The van der Waals surface area contributed by atoms with Crippen LogP contribution in [0.1, 0.15) is 20.3 Å². The molecule has 0 saturated carbocycles. The molecule has 5 heteroatoms. The van der Waals surface area contributed by atoms with E-state index in [9.17, 15) is 0 Å². The highest BCUT2D eigenvalue weighted by molar-refractivity contribution is 6.30. The predicted molar refractivity (Wildman–Crippen MR) is 58.4 cm³/mol. The van der Waals surface area contributed by atoms with Crippen LogP contribution in [0.5, 0.6) is 0 Å². The van der Waals surface area contributed by atoms with Gasteiger partial charge in [-0.25, -0.2) is 9.97 Å². The summed E-state index contributed by atoms with van der Waals surface area (Å²) >= 11 is 5.66. The van der Waals surface area contributed by atoms with Crippen LogP contribution in [0.3, 0.4) is 0 Å². The molecule has 1 heterocycles. The van der Waals surface area contributed by atoms with Crippen LogP contribution in [0, 0.1) is 0 Å². The molecule has 0 amide bonds. The minimum atomic E-state index is 0.106. The number of hydrogen-bond acceptors (Lipinski definition) is 4. The molecule has 0 aliphatic carbocycles. The third kappa shape index (κ3) is 3.12. The molecule has 0 aromatic carbocycles. The van der Waals surface area contributed by atoms with E-state index >= 15 is 0 Å². The number of rotatable bonds is 4. The molecule has 0 spiro atoms. The van der Waals surface area contributed by atoms with Crippen molar-refractivity contribution in [2.24, 2.45) is 5.73 Å². The molecule has 78 valence electrons. The second kappa shape index (κ2) is 5.12. The second-order valence-electron chi connectivity index (χ2n) is 3.23. The van der Waals surface area contributed by atoms with E-state index in [1.54, 1.807) is 12.4 Å². The zero-order valence-electron chi connectivity index (χ0n) is 8.37. The molecule has 2 atom stereocenters. The standard InChI is InChI=1S/C9H15ClN4/c1-3-8(11)6(2)14-9-12-4-7(10)5-13-9/h4-6,8H,3,11H2,1-2H3,(H,12,13,14). The van der Waals surface area contributed by atoms with Crippen molar-refractivity contribution in [1.29, 1.82) is 0 Å². The number of anilines is 1. The van der Waals surface area contributed by atoms with Gasteiger partial charge in [0, 0.05) is 12.1 Å². The number of aromatic nitrogens is 2. The van der Waals surface area contributed by atoms with Crippen LogP contribution in [-0.4, -0.2) is 22.1 Å². The molecule has 3 N–H and O–H groups in total. The fourth-order valence-electron chi connectivity index (χ4n) is 1.05.